The second-order valence-electron chi connectivity index (χ2n) is 6.09. The summed E-state index contributed by atoms with van der Waals surface area (Å²) >= 11 is 0. The first-order chi connectivity index (χ1) is 12.8. The van der Waals surface area contributed by atoms with Crippen molar-refractivity contribution in [2.45, 2.75) is 64.5 Å². The average Bonchev–Trinajstić information content (AvgIpc) is 2.59. The molecule has 0 radical (unpaired) electrons. The van der Waals surface area contributed by atoms with Crippen molar-refractivity contribution in [3.05, 3.63) is 0 Å². The van der Waals surface area contributed by atoms with E-state index in [0.717, 1.165) is 38.5 Å². The number of hydrogen-bond acceptors (Lipinski definition) is 7. The van der Waals surface area contributed by atoms with Gasteiger partial charge in [0.25, 0.3) is 0 Å². The Morgan fingerprint density at radius 1 is 1.00 bits per heavy atom. The molecule has 0 aromatic heterocycles. The zero-order valence-electron chi connectivity index (χ0n) is 16.2. The van der Waals surface area contributed by atoms with Gasteiger partial charge in [-0.25, -0.2) is 4.57 Å². The van der Waals surface area contributed by atoms with E-state index in [-0.39, 0.29) is 12.7 Å². The molecule has 0 aromatic carbocycles. The molecule has 0 aliphatic heterocycles. The average molecular weight is 415 g/mol. The van der Waals surface area contributed by atoms with Gasteiger partial charge in [0.1, 0.15) is 6.10 Å². The van der Waals surface area contributed by atoms with Crippen molar-refractivity contribution in [2.24, 2.45) is 0 Å². The van der Waals surface area contributed by atoms with Gasteiger partial charge >= 0.3 is 13.8 Å². The zero-order valence-corrected chi connectivity index (χ0v) is 17.1. The molecule has 162 valence electrons. The first kappa shape index (κ1) is 26.4. The van der Waals surface area contributed by atoms with Crippen LogP contribution in [0, 0.1) is 0 Å². The molecule has 11 heteroatoms. The summed E-state index contributed by atoms with van der Waals surface area (Å²) < 4.78 is 26.2. The first-order valence-corrected chi connectivity index (χ1v) is 10.8. The normalized spacial score (nSPS) is 14.2. The number of phosphoric ester groups is 1. The Morgan fingerprint density at radius 2 is 1.63 bits per heavy atom. The number of carbonyl (C=O) groups is 1. The predicted octanol–water partition coefficient (Wildman–Crippen LogP) is 1.85. The monoisotopic (exact) mass is 415 g/mol. The van der Waals surface area contributed by atoms with Crippen LogP contribution in [0.4, 0.5) is 0 Å². The molecule has 0 aliphatic rings. The number of aliphatic carboxylic acids is 1. The maximum absolute atomic E-state index is 11.1. The van der Waals surface area contributed by atoms with Crippen LogP contribution in [0.15, 0.2) is 0 Å². The molecule has 0 spiro atoms. The molecule has 10 nitrogen and oxygen atoms in total. The Morgan fingerprint density at radius 3 is 2.19 bits per heavy atom. The fraction of sp³-hybridized carbons (Fsp3) is 0.938. The minimum atomic E-state index is -4.76. The van der Waals surface area contributed by atoms with Crippen LogP contribution < -0.4 is 5.48 Å². The summed E-state index contributed by atoms with van der Waals surface area (Å²) in [7, 11) is -4.76. The van der Waals surface area contributed by atoms with E-state index in [1.807, 2.05) is 0 Å². The highest BCUT2D eigenvalue weighted by atomic mass is 31.2. The van der Waals surface area contributed by atoms with Crippen LogP contribution in [0.2, 0.25) is 0 Å². The molecule has 0 rings (SSSR count). The van der Waals surface area contributed by atoms with Crippen molar-refractivity contribution in [1.29, 1.82) is 0 Å². The molecule has 0 aromatic rings. The van der Waals surface area contributed by atoms with Crippen LogP contribution in [0.5, 0.6) is 0 Å². The number of phosphoric acid groups is 1. The van der Waals surface area contributed by atoms with E-state index >= 15 is 0 Å². The minimum absolute atomic E-state index is 0.0274. The van der Waals surface area contributed by atoms with Crippen molar-refractivity contribution < 1.29 is 43.1 Å². The molecule has 4 N–H and O–H groups in total. The van der Waals surface area contributed by atoms with Gasteiger partial charge in [0.15, 0.2) is 6.04 Å². The molecule has 0 fully saturated rings. The molecule has 2 atom stereocenters. The number of carboxylic acid groups (broad SMARTS) is 1. The molecule has 0 saturated heterocycles. The Kier molecular flexibility index (Phi) is 16.0. The van der Waals surface area contributed by atoms with Crippen LogP contribution in [-0.4, -0.2) is 66.0 Å². The van der Waals surface area contributed by atoms with Gasteiger partial charge in [-0.15, -0.1) is 0 Å². The summed E-state index contributed by atoms with van der Waals surface area (Å²) in [4.78, 5) is 33.5. The quantitative estimate of drug-likeness (QED) is 0.140. The Hall–Kier alpha value is -0.580. The van der Waals surface area contributed by atoms with Crippen molar-refractivity contribution in [1.82, 2.24) is 5.48 Å². The number of rotatable bonds is 19. The molecular weight excluding hydrogens is 381 g/mol. The van der Waals surface area contributed by atoms with Gasteiger partial charge < -0.3 is 24.4 Å². The Balaban J connectivity index is 4.29. The minimum Gasteiger partial charge on any atom is -0.480 e. The van der Waals surface area contributed by atoms with Crippen LogP contribution >= 0.6 is 7.82 Å². The molecule has 0 bridgehead atoms. The van der Waals surface area contributed by atoms with Gasteiger partial charge in [-0.2, -0.15) is 5.48 Å². The summed E-state index contributed by atoms with van der Waals surface area (Å²) in [5.74, 6) is -1.36. The Labute approximate surface area is 160 Å². The molecule has 0 aliphatic carbocycles. The highest BCUT2D eigenvalue weighted by Crippen LogP contribution is 2.35. The molecule has 27 heavy (non-hydrogen) atoms. The fourth-order valence-corrected chi connectivity index (χ4v) is 2.33. The summed E-state index contributed by atoms with van der Waals surface area (Å²) in [6, 6.07) is -1.43. The lowest BCUT2D eigenvalue weighted by molar-refractivity contribution is -0.148. The summed E-state index contributed by atoms with van der Waals surface area (Å²) in [6.45, 7) is 4.96. The highest BCUT2D eigenvalue weighted by molar-refractivity contribution is 7.46. The molecule has 0 heterocycles. The van der Waals surface area contributed by atoms with E-state index in [1.54, 1.807) is 0 Å². The predicted molar refractivity (Wildman–Crippen MR) is 98.1 cm³/mol. The number of hydrogen-bond donors (Lipinski definition) is 4. The van der Waals surface area contributed by atoms with Crippen molar-refractivity contribution in [3.63, 3.8) is 0 Å². The van der Waals surface area contributed by atoms with E-state index < -0.39 is 26.4 Å². The molecule has 0 amide bonds. The van der Waals surface area contributed by atoms with Gasteiger partial charge in [-0.05, 0) is 12.8 Å². The molecular formula is C16H34NO9P. The topological polar surface area (TPSA) is 144 Å². The van der Waals surface area contributed by atoms with Gasteiger partial charge in [0.05, 0.1) is 19.8 Å². The van der Waals surface area contributed by atoms with E-state index in [1.165, 1.54) is 0 Å². The van der Waals surface area contributed by atoms with Crippen LogP contribution in [-0.2, 0) is 28.2 Å². The second-order valence-corrected chi connectivity index (χ2v) is 7.33. The van der Waals surface area contributed by atoms with Crippen molar-refractivity contribution in [2.75, 3.05) is 33.0 Å². The van der Waals surface area contributed by atoms with E-state index in [9.17, 15) is 9.36 Å². The lowest BCUT2D eigenvalue weighted by Gasteiger charge is -2.20. The fourth-order valence-electron chi connectivity index (χ4n) is 1.98. The highest BCUT2D eigenvalue weighted by Gasteiger charge is 2.24. The van der Waals surface area contributed by atoms with E-state index in [0.29, 0.717) is 19.8 Å². The summed E-state index contributed by atoms with van der Waals surface area (Å²) in [5.41, 5.74) is 2.23. The first-order valence-electron chi connectivity index (χ1n) is 9.29. The second kappa shape index (κ2) is 16.4. The largest absolute Gasteiger partial charge is 0.480 e. The number of unbranched alkanes of at least 4 members (excludes halogenated alkanes) is 4. The number of hydroxylamine groups is 1. The van der Waals surface area contributed by atoms with Gasteiger partial charge in [0, 0.05) is 13.2 Å². The van der Waals surface area contributed by atoms with Crippen LogP contribution in [0.3, 0.4) is 0 Å². The van der Waals surface area contributed by atoms with Gasteiger partial charge in [0.2, 0.25) is 0 Å². The maximum Gasteiger partial charge on any atom is 0.469 e. The van der Waals surface area contributed by atoms with Crippen molar-refractivity contribution in [3.8, 4) is 0 Å². The van der Waals surface area contributed by atoms with E-state index in [4.69, 9.17) is 29.2 Å². The third-order valence-corrected chi connectivity index (χ3v) is 3.99. The van der Waals surface area contributed by atoms with Crippen LogP contribution in [0.1, 0.15) is 52.4 Å². The smallest absolute Gasteiger partial charge is 0.469 e. The summed E-state index contributed by atoms with van der Waals surface area (Å²) in [5, 5.41) is 9.03. The van der Waals surface area contributed by atoms with Crippen molar-refractivity contribution >= 4 is 13.8 Å². The van der Waals surface area contributed by atoms with Gasteiger partial charge in [-0.3, -0.25) is 14.2 Å². The lowest BCUT2D eigenvalue weighted by atomic mass is 10.2. The number of ether oxygens (including phenoxy) is 2. The number of nitrogens with one attached hydrogen (secondary N) is 1. The third-order valence-electron chi connectivity index (χ3n) is 3.50. The SMILES string of the molecule is CCCCCOC[C@H](CON[C@@H](COP(=O)(O)O)C(=O)O)OCCCCC. The lowest BCUT2D eigenvalue weighted by Crippen LogP contribution is -2.42. The zero-order chi connectivity index (χ0) is 20.5. The van der Waals surface area contributed by atoms with Crippen LogP contribution in [0.25, 0.3) is 0 Å². The summed E-state index contributed by atoms with van der Waals surface area (Å²) in [6.07, 6.45) is 5.78. The molecule has 0 unspecified atom stereocenters. The van der Waals surface area contributed by atoms with Gasteiger partial charge in [-0.1, -0.05) is 39.5 Å². The standard InChI is InChI=1S/C16H34NO9P/c1-3-5-7-9-23-11-14(24-10-8-6-4-2)12-25-17-15(16(18)19)13-26-27(20,21)22/h14-15,17H,3-13H2,1-2H3,(H,18,19)(H2,20,21,22)/t14-,15+/m1/s1. The van der Waals surface area contributed by atoms with E-state index in [2.05, 4.69) is 23.9 Å². The molecule has 0 saturated carbocycles. The maximum atomic E-state index is 11.1. The number of carboxylic acids is 1. The third kappa shape index (κ3) is 17.3. The Bertz CT molecular complexity index is 419.